The minimum atomic E-state index is -3.31. The number of hydrogen-bond donors (Lipinski definition) is 0. The summed E-state index contributed by atoms with van der Waals surface area (Å²) in [6.07, 6.45) is 0. The molecule has 0 radical (unpaired) electrons. The lowest BCUT2D eigenvalue weighted by Crippen LogP contribution is -2.48. The minimum Gasteiger partial charge on any atom is -0.296 e. The van der Waals surface area contributed by atoms with E-state index in [1.807, 2.05) is 5.38 Å². The Bertz CT molecular complexity index is 783. The number of hydrogen-bond acceptors (Lipinski definition) is 4. The molecule has 1 saturated heterocycles. The highest BCUT2D eigenvalue weighted by atomic mass is 32.2. The van der Waals surface area contributed by atoms with E-state index in [0.717, 1.165) is 19.6 Å². The first-order valence-electron chi connectivity index (χ1n) is 8.20. The third-order valence-corrected chi connectivity index (χ3v) is 7.91. The number of sulfonamides is 1. The summed E-state index contributed by atoms with van der Waals surface area (Å²) in [5, 5.41) is 1.81. The van der Waals surface area contributed by atoms with Crippen LogP contribution in [0.15, 0.2) is 33.9 Å². The Morgan fingerprint density at radius 2 is 1.67 bits per heavy atom. The Balaban J connectivity index is 1.66. The van der Waals surface area contributed by atoms with Gasteiger partial charge in [0.2, 0.25) is 0 Å². The summed E-state index contributed by atoms with van der Waals surface area (Å²) in [5.74, 6) is 0. The van der Waals surface area contributed by atoms with Crippen molar-refractivity contribution >= 4 is 21.4 Å². The summed E-state index contributed by atoms with van der Waals surface area (Å²) in [6, 6.07) is 7.92. The van der Waals surface area contributed by atoms with Gasteiger partial charge in [-0.2, -0.15) is 4.31 Å². The summed E-state index contributed by atoms with van der Waals surface area (Å²) < 4.78 is 27.2. The van der Waals surface area contributed by atoms with Crippen LogP contribution in [0.3, 0.4) is 0 Å². The van der Waals surface area contributed by atoms with Gasteiger partial charge in [-0.1, -0.05) is 23.8 Å². The van der Waals surface area contributed by atoms with Crippen LogP contribution in [0.25, 0.3) is 0 Å². The van der Waals surface area contributed by atoms with Gasteiger partial charge in [0, 0.05) is 32.7 Å². The number of aryl methyl sites for hydroxylation is 3. The standard InChI is InChI=1S/C18H24N2O2S2/c1-14-11-15(2)17(16(3)12-14)13-19-6-8-20(9-7-19)24(21,22)18-5-4-10-23-18/h4-5,10-12H,6-9,13H2,1-3H3. The van der Waals surface area contributed by atoms with Crippen molar-refractivity contribution in [3.63, 3.8) is 0 Å². The smallest absolute Gasteiger partial charge is 0.252 e. The minimum absolute atomic E-state index is 0.446. The maximum atomic E-state index is 12.6. The molecular weight excluding hydrogens is 340 g/mol. The molecule has 4 nitrogen and oxygen atoms in total. The Morgan fingerprint density at radius 1 is 1.04 bits per heavy atom. The molecule has 0 amide bonds. The van der Waals surface area contributed by atoms with Gasteiger partial charge in [-0.3, -0.25) is 4.90 Å². The summed E-state index contributed by atoms with van der Waals surface area (Å²) in [4.78, 5) is 2.35. The molecule has 130 valence electrons. The van der Waals surface area contributed by atoms with Gasteiger partial charge in [0.25, 0.3) is 10.0 Å². The van der Waals surface area contributed by atoms with Crippen LogP contribution in [-0.4, -0.2) is 43.8 Å². The second kappa shape index (κ2) is 6.96. The summed E-state index contributed by atoms with van der Waals surface area (Å²) in [7, 11) is -3.31. The first-order chi connectivity index (χ1) is 11.4. The molecule has 0 atom stereocenters. The van der Waals surface area contributed by atoms with Crippen LogP contribution in [0.1, 0.15) is 22.3 Å². The average molecular weight is 365 g/mol. The fourth-order valence-corrected chi connectivity index (χ4v) is 5.92. The molecule has 0 aliphatic carbocycles. The van der Waals surface area contributed by atoms with Crippen LogP contribution in [-0.2, 0) is 16.6 Å². The average Bonchev–Trinajstić information content (AvgIpc) is 3.06. The number of rotatable bonds is 4. The molecule has 3 rings (SSSR count). The van der Waals surface area contributed by atoms with Gasteiger partial charge < -0.3 is 0 Å². The molecule has 0 bridgehead atoms. The molecule has 1 fully saturated rings. The zero-order chi connectivity index (χ0) is 17.3. The zero-order valence-corrected chi connectivity index (χ0v) is 16.1. The third-order valence-electron chi connectivity index (χ3n) is 4.64. The summed E-state index contributed by atoms with van der Waals surface area (Å²) in [6.45, 7) is 10.0. The maximum absolute atomic E-state index is 12.6. The van der Waals surface area contributed by atoms with E-state index >= 15 is 0 Å². The molecule has 2 heterocycles. The van der Waals surface area contributed by atoms with E-state index < -0.39 is 10.0 Å². The van der Waals surface area contributed by atoms with Crippen molar-refractivity contribution in [2.75, 3.05) is 26.2 Å². The van der Waals surface area contributed by atoms with Crippen molar-refractivity contribution < 1.29 is 8.42 Å². The van der Waals surface area contributed by atoms with Gasteiger partial charge in [-0.25, -0.2) is 8.42 Å². The number of piperazine rings is 1. The van der Waals surface area contributed by atoms with Crippen molar-refractivity contribution in [1.29, 1.82) is 0 Å². The molecule has 1 aromatic heterocycles. The highest BCUT2D eigenvalue weighted by molar-refractivity contribution is 7.91. The molecule has 0 spiro atoms. The number of benzene rings is 1. The van der Waals surface area contributed by atoms with Crippen LogP contribution in [0.2, 0.25) is 0 Å². The molecule has 0 saturated carbocycles. The van der Waals surface area contributed by atoms with Crippen molar-refractivity contribution in [1.82, 2.24) is 9.21 Å². The SMILES string of the molecule is Cc1cc(C)c(CN2CCN(S(=O)(=O)c3cccs3)CC2)c(C)c1. The molecule has 24 heavy (non-hydrogen) atoms. The normalized spacial score (nSPS) is 17.3. The molecule has 1 aliphatic rings. The third kappa shape index (κ3) is 3.57. The van der Waals surface area contributed by atoms with Crippen LogP contribution in [0.4, 0.5) is 0 Å². The zero-order valence-electron chi connectivity index (χ0n) is 14.4. The second-order valence-corrected chi connectivity index (χ2v) is 9.60. The van der Waals surface area contributed by atoms with E-state index in [0.29, 0.717) is 17.3 Å². The molecule has 6 heteroatoms. The highest BCUT2D eigenvalue weighted by Crippen LogP contribution is 2.23. The summed E-state index contributed by atoms with van der Waals surface area (Å²) in [5.41, 5.74) is 5.30. The molecule has 1 aromatic carbocycles. The molecule has 0 N–H and O–H groups in total. The molecule has 0 unspecified atom stereocenters. The first kappa shape index (κ1) is 17.6. The van der Waals surface area contributed by atoms with Crippen LogP contribution < -0.4 is 0 Å². The van der Waals surface area contributed by atoms with Gasteiger partial charge in [0.1, 0.15) is 4.21 Å². The number of thiophene rings is 1. The van der Waals surface area contributed by atoms with Gasteiger partial charge in [0.15, 0.2) is 0 Å². The lowest BCUT2D eigenvalue weighted by Gasteiger charge is -2.34. The van der Waals surface area contributed by atoms with Crippen molar-refractivity contribution in [3.05, 3.63) is 51.9 Å². The van der Waals surface area contributed by atoms with Crippen molar-refractivity contribution in [2.24, 2.45) is 0 Å². The Kier molecular flexibility index (Phi) is 5.11. The van der Waals surface area contributed by atoms with Crippen molar-refractivity contribution in [3.8, 4) is 0 Å². The van der Waals surface area contributed by atoms with E-state index in [4.69, 9.17) is 0 Å². The van der Waals surface area contributed by atoms with Gasteiger partial charge in [0.05, 0.1) is 0 Å². The molecule has 1 aliphatic heterocycles. The predicted octanol–water partition coefficient (Wildman–Crippen LogP) is 3.18. The topological polar surface area (TPSA) is 40.6 Å². The van der Waals surface area contributed by atoms with E-state index in [-0.39, 0.29) is 0 Å². The van der Waals surface area contributed by atoms with Gasteiger partial charge in [-0.05, 0) is 48.9 Å². The fraction of sp³-hybridized carbons (Fsp3) is 0.444. The number of nitrogens with zero attached hydrogens (tertiary/aromatic N) is 2. The van der Waals surface area contributed by atoms with Gasteiger partial charge >= 0.3 is 0 Å². The van der Waals surface area contributed by atoms with E-state index in [1.54, 1.807) is 16.4 Å². The first-order valence-corrected chi connectivity index (χ1v) is 10.5. The molecular formula is C18H24N2O2S2. The van der Waals surface area contributed by atoms with Crippen LogP contribution >= 0.6 is 11.3 Å². The molecule has 2 aromatic rings. The van der Waals surface area contributed by atoms with Gasteiger partial charge in [-0.15, -0.1) is 11.3 Å². The van der Waals surface area contributed by atoms with Crippen LogP contribution in [0.5, 0.6) is 0 Å². The Morgan fingerprint density at radius 3 is 2.21 bits per heavy atom. The lowest BCUT2D eigenvalue weighted by atomic mass is 9.99. The fourth-order valence-electron chi connectivity index (χ4n) is 3.35. The predicted molar refractivity (Wildman–Crippen MR) is 99.0 cm³/mol. The Labute approximate surface area is 148 Å². The van der Waals surface area contributed by atoms with E-state index in [9.17, 15) is 8.42 Å². The highest BCUT2D eigenvalue weighted by Gasteiger charge is 2.29. The van der Waals surface area contributed by atoms with Crippen LogP contribution in [0, 0.1) is 20.8 Å². The summed E-state index contributed by atoms with van der Waals surface area (Å²) >= 11 is 1.29. The monoisotopic (exact) mass is 364 g/mol. The quantitative estimate of drug-likeness (QED) is 0.837. The maximum Gasteiger partial charge on any atom is 0.252 e. The second-order valence-electron chi connectivity index (χ2n) is 6.49. The Hall–Kier alpha value is -1.21. The largest absolute Gasteiger partial charge is 0.296 e. The van der Waals surface area contributed by atoms with E-state index in [2.05, 4.69) is 37.8 Å². The van der Waals surface area contributed by atoms with E-state index in [1.165, 1.54) is 33.6 Å². The van der Waals surface area contributed by atoms with Crippen molar-refractivity contribution in [2.45, 2.75) is 31.5 Å². The lowest BCUT2D eigenvalue weighted by molar-refractivity contribution is 0.181.